The Labute approximate surface area is 134 Å². The average molecular weight is 310 g/mol. The molecule has 1 heterocycles. The highest BCUT2D eigenvalue weighted by Gasteiger charge is 2.27. The van der Waals surface area contributed by atoms with Gasteiger partial charge in [0.15, 0.2) is 0 Å². The first-order valence-corrected chi connectivity index (χ1v) is 7.57. The normalized spacial score (nSPS) is 16.6. The first kappa shape index (κ1) is 15.2. The highest BCUT2D eigenvalue weighted by atomic mass is 16.3. The number of para-hydroxylation sites is 1. The van der Waals surface area contributed by atoms with Crippen LogP contribution in [0, 0.1) is 0 Å². The van der Waals surface area contributed by atoms with Gasteiger partial charge in [-0.2, -0.15) is 0 Å². The summed E-state index contributed by atoms with van der Waals surface area (Å²) in [6, 6.07) is 16.1. The van der Waals surface area contributed by atoms with E-state index in [1.54, 1.807) is 29.2 Å². The summed E-state index contributed by atoms with van der Waals surface area (Å²) in [4.78, 5) is 26.1. The van der Waals surface area contributed by atoms with Crippen molar-refractivity contribution in [3.63, 3.8) is 0 Å². The molecule has 1 unspecified atom stereocenters. The number of anilines is 1. The molecule has 0 aromatic heterocycles. The van der Waals surface area contributed by atoms with Gasteiger partial charge in [0, 0.05) is 23.4 Å². The minimum absolute atomic E-state index is 0.0713. The molecular weight excluding hydrogens is 292 g/mol. The predicted molar refractivity (Wildman–Crippen MR) is 87.1 cm³/mol. The van der Waals surface area contributed by atoms with Gasteiger partial charge in [-0.1, -0.05) is 36.4 Å². The summed E-state index contributed by atoms with van der Waals surface area (Å²) in [5, 5.41) is 12.7. The van der Waals surface area contributed by atoms with Crippen LogP contribution in [0.3, 0.4) is 0 Å². The average Bonchev–Trinajstić information content (AvgIpc) is 2.60. The van der Waals surface area contributed by atoms with Crippen LogP contribution in [0.4, 0.5) is 5.69 Å². The smallest absolute Gasteiger partial charge is 0.251 e. The van der Waals surface area contributed by atoms with E-state index in [1.165, 1.54) is 0 Å². The second kappa shape index (κ2) is 6.62. The monoisotopic (exact) mass is 310 g/mol. The number of carbonyl (C=O) groups excluding carboxylic acids is 2. The van der Waals surface area contributed by atoms with Crippen molar-refractivity contribution in [2.24, 2.45) is 0 Å². The van der Waals surface area contributed by atoms with E-state index in [0.29, 0.717) is 24.2 Å². The molecule has 5 nitrogen and oxygen atoms in total. The maximum absolute atomic E-state index is 12.4. The third-order valence-corrected chi connectivity index (χ3v) is 3.95. The van der Waals surface area contributed by atoms with Crippen LogP contribution in [0.15, 0.2) is 54.6 Å². The van der Waals surface area contributed by atoms with Gasteiger partial charge in [0.05, 0.1) is 12.6 Å². The van der Waals surface area contributed by atoms with E-state index < -0.39 is 6.10 Å². The maximum atomic E-state index is 12.4. The first-order valence-electron chi connectivity index (χ1n) is 7.57. The molecule has 0 radical (unpaired) electrons. The van der Waals surface area contributed by atoms with Crippen molar-refractivity contribution in [2.45, 2.75) is 12.5 Å². The van der Waals surface area contributed by atoms with Crippen LogP contribution < -0.4 is 10.2 Å². The van der Waals surface area contributed by atoms with Gasteiger partial charge in [0.1, 0.15) is 0 Å². The summed E-state index contributed by atoms with van der Waals surface area (Å²) in [5.74, 6) is -0.460. The molecule has 1 aliphatic heterocycles. The third kappa shape index (κ3) is 3.24. The molecule has 0 bridgehead atoms. The zero-order valence-electron chi connectivity index (χ0n) is 12.6. The number of carbonyl (C=O) groups is 2. The van der Waals surface area contributed by atoms with Crippen LogP contribution in [-0.4, -0.2) is 30.0 Å². The summed E-state index contributed by atoms with van der Waals surface area (Å²) >= 11 is 0. The molecule has 2 N–H and O–H groups in total. The van der Waals surface area contributed by atoms with Crippen molar-refractivity contribution in [1.82, 2.24) is 5.32 Å². The number of amides is 2. The number of nitrogens with one attached hydrogen (secondary N) is 1. The topological polar surface area (TPSA) is 69.6 Å². The standard InChI is InChI=1S/C18H18N2O3/c21-16-10-11-20(15-9-5-4-8-14(15)16)17(22)12-19-18(23)13-6-2-1-3-7-13/h1-9,16,21H,10-12H2,(H,19,23). The van der Waals surface area contributed by atoms with Crippen molar-refractivity contribution in [3.05, 3.63) is 65.7 Å². The number of rotatable bonds is 3. The molecule has 0 saturated carbocycles. The number of aliphatic hydroxyl groups excluding tert-OH is 1. The van der Waals surface area contributed by atoms with Crippen LogP contribution in [0.25, 0.3) is 0 Å². The van der Waals surface area contributed by atoms with E-state index in [9.17, 15) is 14.7 Å². The Morgan fingerprint density at radius 1 is 1.09 bits per heavy atom. The summed E-state index contributed by atoms with van der Waals surface area (Å²) in [5.41, 5.74) is 1.99. The number of aliphatic hydroxyl groups is 1. The molecule has 23 heavy (non-hydrogen) atoms. The lowest BCUT2D eigenvalue weighted by Crippen LogP contribution is -2.43. The molecule has 0 saturated heterocycles. The maximum Gasteiger partial charge on any atom is 0.251 e. The Kier molecular flexibility index (Phi) is 4.39. The highest BCUT2D eigenvalue weighted by Crippen LogP contribution is 2.33. The molecule has 0 fully saturated rings. The lowest BCUT2D eigenvalue weighted by atomic mass is 9.99. The van der Waals surface area contributed by atoms with E-state index >= 15 is 0 Å². The van der Waals surface area contributed by atoms with Gasteiger partial charge in [-0.25, -0.2) is 0 Å². The van der Waals surface area contributed by atoms with Crippen molar-refractivity contribution >= 4 is 17.5 Å². The van der Waals surface area contributed by atoms with E-state index in [4.69, 9.17) is 0 Å². The Morgan fingerprint density at radius 3 is 2.57 bits per heavy atom. The van der Waals surface area contributed by atoms with Gasteiger partial charge in [-0.05, 0) is 24.6 Å². The molecule has 1 aliphatic rings. The SMILES string of the molecule is O=C(NCC(=O)N1CCC(O)c2ccccc21)c1ccccc1. The second-order valence-electron chi connectivity index (χ2n) is 5.46. The Balaban J connectivity index is 1.68. The zero-order chi connectivity index (χ0) is 16.2. The largest absolute Gasteiger partial charge is 0.388 e. The van der Waals surface area contributed by atoms with Gasteiger partial charge in [-0.15, -0.1) is 0 Å². The predicted octanol–water partition coefficient (Wildman–Crippen LogP) is 1.89. The number of fused-ring (bicyclic) bond motifs is 1. The second-order valence-corrected chi connectivity index (χ2v) is 5.46. The molecule has 1 atom stereocenters. The fraction of sp³-hybridized carbons (Fsp3) is 0.222. The van der Waals surface area contributed by atoms with Crippen molar-refractivity contribution < 1.29 is 14.7 Å². The lowest BCUT2D eigenvalue weighted by Gasteiger charge is -2.32. The minimum atomic E-state index is -0.547. The lowest BCUT2D eigenvalue weighted by molar-refractivity contribution is -0.117. The number of hydrogen-bond donors (Lipinski definition) is 2. The van der Waals surface area contributed by atoms with Gasteiger partial charge < -0.3 is 15.3 Å². The van der Waals surface area contributed by atoms with E-state index in [2.05, 4.69) is 5.32 Å². The summed E-state index contributed by atoms with van der Waals surface area (Å²) in [6.07, 6.45) is -0.0517. The third-order valence-electron chi connectivity index (χ3n) is 3.95. The summed E-state index contributed by atoms with van der Waals surface area (Å²) in [6.45, 7) is 0.371. The molecule has 0 aliphatic carbocycles. The molecule has 0 spiro atoms. The Hall–Kier alpha value is -2.66. The molecular formula is C18H18N2O3. The highest BCUT2D eigenvalue weighted by molar-refractivity contribution is 6.00. The fourth-order valence-electron chi connectivity index (χ4n) is 2.74. The van der Waals surface area contributed by atoms with Crippen molar-refractivity contribution in [1.29, 1.82) is 0 Å². The van der Waals surface area contributed by atoms with Crippen LogP contribution in [-0.2, 0) is 4.79 Å². The Morgan fingerprint density at radius 2 is 1.78 bits per heavy atom. The summed E-state index contributed by atoms with van der Waals surface area (Å²) < 4.78 is 0. The molecule has 3 rings (SSSR count). The van der Waals surface area contributed by atoms with E-state index in [-0.39, 0.29) is 18.4 Å². The molecule has 2 aromatic rings. The van der Waals surface area contributed by atoms with Crippen molar-refractivity contribution in [3.8, 4) is 0 Å². The minimum Gasteiger partial charge on any atom is -0.388 e. The van der Waals surface area contributed by atoms with Gasteiger partial charge >= 0.3 is 0 Å². The molecule has 5 heteroatoms. The Bertz CT molecular complexity index is 715. The van der Waals surface area contributed by atoms with Crippen LogP contribution in [0.1, 0.15) is 28.4 Å². The van der Waals surface area contributed by atoms with E-state index in [1.807, 2.05) is 30.3 Å². The van der Waals surface area contributed by atoms with Gasteiger partial charge in [-0.3, -0.25) is 9.59 Å². The number of nitrogens with zero attached hydrogens (tertiary/aromatic N) is 1. The first-order chi connectivity index (χ1) is 11.2. The van der Waals surface area contributed by atoms with Crippen LogP contribution in [0.5, 0.6) is 0 Å². The van der Waals surface area contributed by atoms with Crippen molar-refractivity contribution in [2.75, 3.05) is 18.0 Å². The van der Waals surface area contributed by atoms with Crippen LogP contribution in [0.2, 0.25) is 0 Å². The number of benzene rings is 2. The van der Waals surface area contributed by atoms with Crippen LogP contribution >= 0.6 is 0 Å². The molecule has 118 valence electrons. The zero-order valence-corrected chi connectivity index (χ0v) is 12.6. The quantitative estimate of drug-likeness (QED) is 0.909. The summed E-state index contributed by atoms with van der Waals surface area (Å²) in [7, 11) is 0. The van der Waals surface area contributed by atoms with Gasteiger partial charge in [0.2, 0.25) is 5.91 Å². The number of hydrogen-bond acceptors (Lipinski definition) is 3. The van der Waals surface area contributed by atoms with Gasteiger partial charge in [0.25, 0.3) is 5.91 Å². The molecule has 2 aromatic carbocycles. The molecule has 2 amide bonds. The van der Waals surface area contributed by atoms with E-state index in [0.717, 1.165) is 5.56 Å². The fourth-order valence-corrected chi connectivity index (χ4v) is 2.74.